The van der Waals surface area contributed by atoms with Crippen LogP contribution in [0.3, 0.4) is 0 Å². The summed E-state index contributed by atoms with van der Waals surface area (Å²) < 4.78 is 0. The molecule has 40 valence electrons. The van der Waals surface area contributed by atoms with Crippen LogP contribution < -0.4 is 0 Å². The number of halogens is 2. The molecule has 0 unspecified atom stereocenters. The number of hydrogen-bond acceptors (Lipinski definition) is 1. The highest BCUT2D eigenvalue weighted by Gasteiger charge is 1.63. The van der Waals surface area contributed by atoms with Crippen molar-refractivity contribution in [1.29, 1.82) is 0 Å². The average molecular weight is 244 g/mol. The Balaban J connectivity index is 2.98. The molecule has 0 spiro atoms. The molecule has 0 bridgehead atoms. The van der Waals surface area contributed by atoms with E-state index in [1.807, 2.05) is 20.8 Å². The van der Waals surface area contributed by atoms with E-state index in [1.54, 1.807) is 11.8 Å². The molecule has 0 aliphatic rings. The Hall–Kier alpha value is 0.790. The zero-order chi connectivity index (χ0) is 5.54. The Morgan fingerprint density at radius 1 is 1.00 bits per heavy atom. The highest BCUT2D eigenvalue weighted by molar-refractivity contribution is 9.11. The van der Waals surface area contributed by atoms with Crippen LogP contribution in [0.4, 0.5) is 0 Å². The minimum absolute atomic E-state index is 1.60. The predicted octanol–water partition coefficient (Wildman–Crippen LogP) is 3.45. The van der Waals surface area contributed by atoms with Crippen LogP contribution in [0.1, 0.15) is 0 Å². The van der Waals surface area contributed by atoms with Crippen molar-refractivity contribution >= 4 is 43.6 Å². The smallest absolute Gasteiger partial charge is 0.0122 e. The Labute approximate surface area is 64.3 Å². The van der Waals surface area contributed by atoms with E-state index in [2.05, 4.69) is 31.9 Å². The van der Waals surface area contributed by atoms with Gasteiger partial charge in [-0.3, -0.25) is 0 Å². The van der Waals surface area contributed by atoms with Crippen LogP contribution in [0.2, 0.25) is 0 Å². The molecule has 0 amide bonds. The maximum atomic E-state index is 3.13. The maximum absolute atomic E-state index is 3.13. The maximum Gasteiger partial charge on any atom is -0.0122 e. The molecular formula is C4H4Br2S. The molecule has 0 aromatic rings. The standard InChI is InChI=1S/C4H4Br2S/c5-1-3-7-4-2-6/h1-4H. The summed E-state index contributed by atoms with van der Waals surface area (Å²) in [6.07, 6.45) is 0. The fraction of sp³-hybridized carbons (Fsp3) is 0. The van der Waals surface area contributed by atoms with E-state index in [0.29, 0.717) is 0 Å². The van der Waals surface area contributed by atoms with E-state index in [0.717, 1.165) is 0 Å². The molecule has 0 nitrogen and oxygen atoms in total. The number of rotatable bonds is 2. The van der Waals surface area contributed by atoms with Crippen molar-refractivity contribution in [1.82, 2.24) is 0 Å². The lowest BCUT2D eigenvalue weighted by atomic mass is 11.2. The molecule has 0 fully saturated rings. The molecule has 0 rings (SSSR count). The summed E-state index contributed by atoms with van der Waals surface area (Å²) in [5.41, 5.74) is 0. The lowest BCUT2D eigenvalue weighted by Gasteiger charge is -1.71. The van der Waals surface area contributed by atoms with Gasteiger partial charge in [-0.25, -0.2) is 0 Å². The largest absolute Gasteiger partial charge is 0.105 e. The van der Waals surface area contributed by atoms with Crippen molar-refractivity contribution in [2.45, 2.75) is 0 Å². The van der Waals surface area contributed by atoms with E-state index in [4.69, 9.17) is 0 Å². The summed E-state index contributed by atoms with van der Waals surface area (Å²) in [7, 11) is 0. The highest BCUT2D eigenvalue weighted by atomic mass is 79.9. The molecule has 0 aliphatic heterocycles. The van der Waals surface area contributed by atoms with Crippen LogP contribution in [-0.4, -0.2) is 0 Å². The van der Waals surface area contributed by atoms with E-state index in [1.165, 1.54) is 0 Å². The zero-order valence-electron chi connectivity index (χ0n) is 3.47. The molecule has 0 saturated heterocycles. The molecule has 0 N–H and O–H groups in total. The van der Waals surface area contributed by atoms with Crippen molar-refractivity contribution in [3.05, 3.63) is 20.8 Å². The van der Waals surface area contributed by atoms with Gasteiger partial charge in [0.2, 0.25) is 0 Å². The minimum atomic E-state index is 1.60. The highest BCUT2D eigenvalue weighted by Crippen LogP contribution is 2.05. The first-order valence-electron chi connectivity index (χ1n) is 1.57. The Morgan fingerprint density at radius 3 is 1.71 bits per heavy atom. The van der Waals surface area contributed by atoms with Gasteiger partial charge in [-0.1, -0.05) is 31.9 Å². The predicted molar refractivity (Wildman–Crippen MR) is 43.7 cm³/mol. The Kier molecular flexibility index (Phi) is 7.56. The van der Waals surface area contributed by atoms with Gasteiger partial charge in [0.1, 0.15) is 0 Å². The van der Waals surface area contributed by atoms with Crippen LogP contribution in [0.15, 0.2) is 20.8 Å². The van der Waals surface area contributed by atoms with Crippen molar-refractivity contribution < 1.29 is 0 Å². The van der Waals surface area contributed by atoms with E-state index >= 15 is 0 Å². The molecule has 3 heteroatoms. The summed E-state index contributed by atoms with van der Waals surface area (Å²) in [5.74, 6) is 0. The second-order valence-corrected chi connectivity index (χ2v) is 2.53. The summed E-state index contributed by atoms with van der Waals surface area (Å²) >= 11 is 7.86. The van der Waals surface area contributed by atoms with Crippen molar-refractivity contribution in [2.75, 3.05) is 0 Å². The van der Waals surface area contributed by atoms with E-state index < -0.39 is 0 Å². The van der Waals surface area contributed by atoms with Gasteiger partial charge in [0.05, 0.1) is 0 Å². The fourth-order valence-electron chi connectivity index (χ4n) is 0.105. The van der Waals surface area contributed by atoms with E-state index in [9.17, 15) is 0 Å². The number of hydrogen-bond donors (Lipinski definition) is 0. The van der Waals surface area contributed by atoms with Gasteiger partial charge >= 0.3 is 0 Å². The third kappa shape index (κ3) is 6.79. The average Bonchev–Trinajstić information content (AvgIpc) is 1.69. The van der Waals surface area contributed by atoms with E-state index in [-0.39, 0.29) is 0 Å². The number of thioether (sulfide) groups is 1. The second kappa shape index (κ2) is 6.79. The lowest BCUT2D eigenvalue weighted by molar-refractivity contribution is 2.52. The van der Waals surface area contributed by atoms with Gasteiger partial charge in [0.25, 0.3) is 0 Å². The molecule has 0 aliphatic carbocycles. The van der Waals surface area contributed by atoms with Gasteiger partial charge in [0, 0.05) is 0 Å². The summed E-state index contributed by atoms with van der Waals surface area (Å²) in [5, 5.41) is 3.86. The van der Waals surface area contributed by atoms with Crippen molar-refractivity contribution in [2.24, 2.45) is 0 Å². The first kappa shape index (κ1) is 7.79. The third-order valence-corrected chi connectivity index (χ3v) is 2.07. The normalized spacial score (nSPS) is 11.7. The quantitative estimate of drug-likeness (QED) is 0.716. The van der Waals surface area contributed by atoms with Crippen LogP contribution in [0.5, 0.6) is 0 Å². The zero-order valence-corrected chi connectivity index (χ0v) is 7.46. The van der Waals surface area contributed by atoms with Gasteiger partial charge in [-0.05, 0) is 20.8 Å². The van der Waals surface area contributed by atoms with Gasteiger partial charge in [0.15, 0.2) is 0 Å². The van der Waals surface area contributed by atoms with Crippen LogP contribution in [0, 0.1) is 0 Å². The monoisotopic (exact) mass is 242 g/mol. The molecule has 0 atom stereocenters. The van der Waals surface area contributed by atoms with Crippen molar-refractivity contribution in [3.8, 4) is 0 Å². The molecule has 0 aromatic heterocycles. The van der Waals surface area contributed by atoms with Crippen LogP contribution >= 0.6 is 43.6 Å². The molecule has 0 saturated carbocycles. The van der Waals surface area contributed by atoms with Crippen LogP contribution in [0.25, 0.3) is 0 Å². The summed E-state index contributed by atoms with van der Waals surface area (Å²) in [6.45, 7) is 0. The summed E-state index contributed by atoms with van der Waals surface area (Å²) in [6, 6.07) is 0. The first-order chi connectivity index (χ1) is 3.41. The molecule has 0 heterocycles. The lowest BCUT2D eigenvalue weighted by Crippen LogP contribution is -1.34. The Bertz CT molecular complexity index is 67.8. The summed E-state index contributed by atoms with van der Waals surface area (Å²) in [4.78, 5) is 3.62. The Morgan fingerprint density at radius 2 is 1.43 bits per heavy atom. The second-order valence-electron chi connectivity index (χ2n) is 0.660. The molecule has 0 aromatic carbocycles. The topological polar surface area (TPSA) is 0 Å². The minimum Gasteiger partial charge on any atom is -0.105 e. The molecular weight excluding hydrogens is 240 g/mol. The molecule has 0 radical (unpaired) electrons. The van der Waals surface area contributed by atoms with Gasteiger partial charge in [-0.15, -0.1) is 11.8 Å². The first-order valence-corrected chi connectivity index (χ1v) is 4.35. The fourth-order valence-corrected chi connectivity index (χ4v) is 1.06. The third-order valence-electron chi connectivity index (χ3n) is 0.260. The van der Waals surface area contributed by atoms with Crippen molar-refractivity contribution in [3.63, 3.8) is 0 Å². The van der Waals surface area contributed by atoms with Gasteiger partial charge < -0.3 is 0 Å². The molecule has 7 heavy (non-hydrogen) atoms. The SMILES string of the molecule is BrC=CSC=CBr. The van der Waals surface area contributed by atoms with Crippen LogP contribution in [-0.2, 0) is 0 Å². The van der Waals surface area contributed by atoms with Gasteiger partial charge in [-0.2, -0.15) is 0 Å².